The smallest absolute Gasteiger partial charge is 0.410 e. The molecule has 136 valence electrons. The second-order valence-corrected chi connectivity index (χ2v) is 7.97. The zero-order chi connectivity index (χ0) is 18.4. The first kappa shape index (κ1) is 17.8. The first-order valence-electron chi connectivity index (χ1n) is 8.01. The van der Waals surface area contributed by atoms with Gasteiger partial charge in [-0.15, -0.1) is 0 Å². The molecule has 0 aromatic heterocycles. The Morgan fingerprint density at radius 3 is 2.76 bits per heavy atom. The van der Waals surface area contributed by atoms with E-state index in [2.05, 4.69) is 20.8 Å². The van der Waals surface area contributed by atoms with Gasteiger partial charge in [0.25, 0.3) is 5.69 Å². The molecule has 0 radical (unpaired) electrons. The zero-order valence-electron chi connectivity index (χ0n) is 14.3. The summed E-state index contributed by atoms with van der Waals surface area (Å²) in [7, 11) is 0. The van der Waals surface area contributed by atoms with Gasteiger partial charge in [-0.2, -0.15) is 0 Å². The number of halogens is 1. The van der Waals surface area contributed by atoms with Gasteiger partial charge < -0.3 is 19.3 Å². The van der Waals surface area contributed by atoms with E-state index in [1.165, 1.54) is 12.1 Å². The lowest BCUT2D eigenvalue weighted by atomic mass is 10.1. The van der Waals surface area contributed by atoms with Crippen LogP contribution >= 0.6 is 15.9 Å². The summed E-state index contributed by atoms with van der Waals surface area (Å²) in [5.41, 5.74) is 0.139. The van der Waals surface area contributed by atoms with E-state index in [1.807, 2.05) is 20.8 Å². The second kappa shape index (κ2) is 6.36. The van der Waals surface area contributed by atoms with Crippen molar-refractivity contribution in [2.75, 3.05) is 31.1 Å². The lowest BCUT2D eigenvalue weighted by Gasteiger charge is -2.45. The third kappa shape index (κ3) is 3.65. The van der Waals surface area contributed by atoms with Crippen LogP contribution in [0.2, 0.25) is 0 Å². The zero-order valence-corrected chi connectivity index (χ0v) is 15.9. The summed E-state index contributed by atoms with van der Waals surface area (Å²) < 4.78 is 11.8. The molecule has 0 spiro atoms. The van der Waals surface area contributed by atoms with Crippen molar-refractivity contribution in [1.29, 1.82) is 0 Å². The fourth-order valence-corrected chi connectivity index (χ4v) is 3.57. The molecule has 0 aliphatic carbocycles. The molecule has 2 heterocycles. The predicted octanol–water partition coefficient (Wildman–Crippen LogP) is 3.18. The number of anilines is 1. The Balaban J connectivity index is 1.81. The predicted molar refractivity (Wildman–Crippen MR) is 95.2 cm³/mol. The van der Waals surface area contributed by atoms with Gasteiger partial charge in [-0.05, 0) is 36.7 Å². The van der Waals surface area contributed by atoms with Crippen molar-refractivity contribution in [3.8, 4) is 5.75 Å². The molecule has 1 saturated heterocycles. The number of fused-ring (bicyclic) bond motifs is 3. The highest BCUT2D eigenvalue weighted by Gasteiger charge is 2.37. The molecular formula is C16H20BrN3O5. The van der Waals surface area contributed by atoms with E-state index >= 15 is 0 Å². The van der Waals surface area contributed by atoms with E-state index in [1.54, 1.807) is 4.90 Å². The molecule has 1 atom stereocenters. The lowest BCUT2D eigenvalue weighted by molar-refractivity contribution is -0.384. The number of nitro groups is 1. The fourth-order valence-electron chi connectivity index (χ4n) is 3.01. The van der Waals surface area contributed by atoms with Crippen molar-refractivity contribution < 1.29 is 19.2 Å². The monoisotopic (exact) mass is 413 g/mol. The number of benzene rings is 1. The Hall–Kier alpha value is -2.03. The summed E-state index contributed by atoms with van der Waals surface area (Å²) in [5, 5.41) is 11.1. The molecule has 1 aromatic carbocycles. The number of hydrogen-bond acceptors (Lipinski definition) is 6. The van der Waals surface area contributed by atoms with Gasteiger partial charge in [0.15, 0.2) is 5.75 Å². The number of non-ortho nitro benzene ring substituents is 1. The number of piperazine rings is 1. The molecule has 1 amide bonds. The van der Waals surface area contributed by atoms with Crippen LogP contribution in [0.1, 0.15) is 20.8 Å². The first-order valence-corrected chi connectivity index (χ1v) is 8.80. The Labute approximate surface area is 153 Å². The highest BCUT2D eigenvalue weighted by atomic mass is 79.9. The normalized spacial score (nSPS) is 19.6. The molecule has 8 nitrogen and oxygen atoms in total. The molecule has 3 rings (SSSR count). The fraction of sp³-hybridized carbons (Fsp3) is 0.562. The minimum absolute atomic E-state index is 0.00412. The number of ether oxygens (including phenoxy) is 2. The Morgan fingerprint density at radius 1 is 1.40 bits per heavy atom. The van der Waals surface area contributed by atoms with Gasteiger partial charge in [-0.25, -0.2) is 4.79 Å². The van der Waals surface area contributed by atoms with Crippen molar-refractivity contribution >= 4 is 33.4 Å². The number of hydrogen-bond donors (Lipinski definition) is 0. The first-order chi connectivity index (χ1) is 11.7. The summed E-state index contributed by atoms with van der Waals surface area (Å²) in [6.45, 7) is 7.41. The van der Waals surface area contributed by atoms with Gasteiger partial charge in [0.1, 0.15) is 12.2 Å². The quantitative estimate of drug-likeness (QED) is 0.519. The van der Waals surface area contributed by atoms with Crippen molar-refractivity contribution in [3.05, 3.63) is 26.7 Å². The van der Waals surface area contributed by atoms with Gasteiger partial charge in [0.05, 0.1) is 21.1 Å². The van der Waals surface area contributed by atoms with Gasteiger partial charge in [0, 0.05) is 31.8 Å². The molecule has 0 N–H and O–H groups in total. The Kier molecular flexibility index (Phi) is 4.52. The van der Waals surface area contributed by atoms with Crippen LogP contribution in [0.15, 0.2) is 16.6 Å². The molecule has 2 aliphatic rings. The lowest BCUT2D eigenvalue weighted by Crippen LogP contribution is -2.59. The molecular weight excluding hydrogens is 394 g/mol. The molecule has 2 aliphatic heterocycles. The van der Waals surface area contributed by atoms with Crippen LogP contribution < -0.4 is 9.64 Å². The van der Waals surface area contributed by atoms with Crippen LogP contribution in [-0.4, -0.2) is 53.8 Å². The van der Waals surface area contributed by atoms with E-state index in [9.17, 15) is 14.9 Å². The molecule has 0 bridgehead atoms. The molecule has 0 saturated carbocycles. The number of carbonyl (C=O) groups excluding carboxylic acids is 1. The summed E-state index contributed by atoms with van der Waals surface area (Å²) in [6.07, 6.45) is -0.349. The highest BCUT2D eigenvalue weighted by Crippen LogP contribution is 2.43. The third-order valence-corrected chi connectivity index (χ3v) is 4.67. The number of nitro benzene ring substituents is 1. The minimum Gasteiger partial charge on any atom is -0.488 e. The SMILES string of the molecule is CC(C)(C)OC(=O)N1CCN2c3cc([N+](=O)[O-])cc(Br)c3OC[C@@H]2C1. The molecule has 25 heavy (non-hydrogen) atoms. The largest absolute Gasteiger partial charge is 0.488 e. The van der Waals surface area contributed by atoms with Gasteiger partial charge in [-0.3, -0.25) is 10.1 Å². The van der Waals surface area contributed by atoms with Crippen molar-refractivity contribution in [3.63, 3.8) is 0 Å². The van der Waals surface area contributed by atoms with Crippen LogP contribution in [0.4, 0.5) is 16.2 Å². The summed E-state index contributed by atoms with van der Waals surface area (Å²) >= 11 is 3.35. The van der Waals surface area contributed by atoms with Gasteiger partial charge in [0.2, 0.25) is 0 Å². The number of amides is 1. The van der Waals surface area contributed by atoms with Crippen molar-refractivity contribution in [1.82, 2.24) is 4.90 Å². The molecule has 1 fully saturated rings. The van der Waals surface area contributed by atoms with E-state index in [-0.39, 0.29) is 17.8 Å². The van der Waals surface area contributed by atoms with E-state index in [0.29, 0.717) is 42.2 Å². The van der Waals surface area contributed by atoms with E-state index in [0.717, 1.165) is 0 Å². The maximum absolute atomic E-state index is 12.3. The summed E-state index contributed by atoms with van der Waals surface area (Å²) in [5.74, 6) is 0.604. The van der Waals surface area contributed by atoms with Gasteiger partial charge >= 0.3 is 6.09 Å². The van der Waals surface area contributed by atoms with Crippen molar-refractivity contribution in [2.45, 2.75) is 32.4 Å². The maximum atomic E-state index is 12.3. The van der Waals surface area contributed by atoms with E-state index < -0.39 is 10.5 Å². The number of nitrogens with zero attached hydrogens (tertiary/aromatic N) is 3. The molecule has 1 aromatic rings. The van der Waals surface area contributed by atoms with Crippen LogP contribution in [-0.2, 0) is 4.74 Å². The summed E-state index contributed by atoms with van der Waals surface area (Å²) in [4.78, 5) is 26.7. The number of rotatable bonds is 1. The Morgan fingerprint density at radius 2 is 2.12 bits per heavy atom. The topological polar surface area (TPSA) is 85.2 Å². The standard InChI is InChI=1S/C16H20BrN3O5/c1-16(2,3)25-15(21)18-4-5-19-11(8-18)9-24-14-12(17)6-10(20(22)23)7-13(14)19/h6-7,11H,4-5,8-9H2,1-3H3/t11-/m0/s1. The van der Waals surface area contributed by atoms with Crippen molar-refractivity contribution in [2.24, 2.45) is 0 Å². The Bertz CT molecular complexity index is 718. The average molecular weight is 414 g/mol. The van der Waals surface area contributed by atoms with Crippen LogP contribution in [0, 0.1) is 10.1 Å². The minimum atomic E-state index is -0.546. The maximum Gasteiger partial charge on any atom is 0.410 e. The van der Waals surface area contributed by atoms with Crippen LogP contribution in [0.25, 0.3) is 0 Å². The number of carbonyl (C=O) groups is 1. The van der Waals surface area contributed by atoms with Crippen LogP contribution in [0.3, 0.4) is 0 Å². The van der Waals surface area contributed by atoms with Gasteiger partial charge in [-0.1, -0.05) is 0 Å². The van der Waals surface area contributed by atoms with Crippen LogP contribution in [0.5, 0.6) is 5.75 Å². The second-order valence-electron chi connectivity index (χ2n) is 7.12. The van der Waals surface area contributed by atoms with E-state index in [4.69, 9.17) is 9.47 Å². The third-order valence-electron chi connectivity index (χ3n) is 4.08. The molecule has 9 heteroatoms. The average Bonchev–Trinajstić information content (AvgIpc) is 2.52. The summed E-state index contributed by atoms with van der Waals surface area (Å²) in [6, 6.07) is 2.90. The highest BCUT2D eigenvalue weighted by molar-refractivity contribution is 9.10. The molecule has 0 unspecified atom stereocenters.